The van der Waals surface area contributed by atoms with Gasteiger partial charge < -0.3 is 0 Å². The van der Waals surface area contributed by atoms with Crippen molar-refractivity contribution in [3.63, 3.8) is 0 Å². The summed E-state index contributed by atoms with van der Waals surface area (Å²) in [7, 11) is 0. The number of hydrogen-bond acceptors (Lipinski definition) is 0. The molecule has 0 saturated carbocycles. The third-order valence-corrected chi connectivity index (χ3v) is 9.41. The third-order valence-electron chi connectivity index (χ3n) is 1.05. The molecule has 0 aliphatic heterocycles. The van der Waals surface area contributed by atoms with Crippen molar-refractivity contribution in [1.82, 2.24) is 0 Å². The Hall–Kier alpha value is 1.09. The first-order valence-electron chi connectivity index (χ1n) is 3.23. The summed E-state index contributed by atoms with van der Waals surface area (Å²) in [5.41, 5.74) is 0. The quantitative estimate of drug-likeness (QED) is 0.454. The van der Waals surface area contributed by atoms with Crippen LogP contribution in [0.3, 0.4) is 0 Å². The summed E-state index contributed by atoms with van der Waals surface area (Å²) < 4.78 is 0. The van der Waals surface area contributed by atoms with Crippen LogP contribution in [-0.4, -0.2) is 28.0 Å². The molecule has 0 saturated heterocycles. The van der Waals surface area contributed by atoms with E-state index in [0.29, 0.717) is 0 Å². The van der Waals surface area contributed by atoms with Gasteiger partial charge in [-0.15, -0.1) is 0 Å². The SMILES string of the molecule is CCCC[CH][GeH2][GeH3]. The normalized spacial score (nSPS) is 11.6. The molecule has 2 heteroatoms. The van der Waals surface area contributed by atoms with Crippen LogP contribution in [0.2, 0.25) is 0 Å². The molecule has 1 radical (unpaired) electrons. The van der Waals surface area contributed by atoms with E-state index < -0.39 is 0 Å². The maximum atomic E-state index is 2.61. The van der Waals surface area contributed by atoms with E-state index in [2.05, 4.69) is 12.2 Å². The van der Waals surface area contributed by atoms with Gasteiger partial charge in [0.05, 0.1) is 0 Å². The van der Waals surface area contributed by atoms with E-state index in [4.69, 9.17) is 0 Å². The van der Waals surface area contributed by atoms with E-state index in [1.807, 2.05) is 0 Å². The van der Waals surface area contributed by atoms with Crippen LogP contribution in [0.15, 0.2) is 0 Å². The Balaban J connectivity index is 2.45. The molecule has 0 aromatic carbocycles. The third kappa shape index (κ3) is 7.09. The van der Waals surface area contributed by atoms with Gasteiger partial charge in [-0.05, 0) is 0 Å². The monoisotopic (exact) mass is 223 g/mol. The Kier molecular flexibility index (Phi) is 8.18. The fourth-order valence-electron chi connectivity index (χ4n) is 0.553. The van der Waals surface area contributed by atoms with Crippen LogP contribution in [0.25, 0.3) is 0 Å². The Morgan fingerprint density at radius 3 is 2.86 bits per heavy atom. The zero-order valence-corrected chi connectivity index (χ0v) is 12.6. The molecule has 0 atom stereocenters. The number of rotatable bonds is 4. The summed E-state index contributed by atoms with van der Waals surface area (Å²) >= 11 is 1.36. The number of unbranched alkanes of at least 4 members (excludes halogenated alkanes) is 2. The topological polar surface area (TPSA) is 0 Å². The summed E-state index contributed by atoms with van der Waals surface area (Å²) in [5, 5.41) is 2.61. The summed E-state index contributed by atoms with van der Waals surface area (Å²) in [6.07, 6.45) is 4.27. The molecule has 0 aromatic heterocycles. The second kappa shape index (κ2) is 7.09. The van der Waals surface area contributed by atoms with Gasteiger partial charge >= 0.3 is 59.4 Å². The molecule has 7 heavy (non-hydrogen) atoms. The average Bonchev–Trinajstić information content (AvgIpc) is 1.69. The van der Waals surface area contributed by atoms with Crippen molar-refractivity contribution in [2.45, 2.75) is 26.2 Å². The first-order chi connectivity index (χ1) is 3.41. The molecule has 0 aliphatic carbocycles. The molecular formula is C5H15Ge2. The summed E-state index contributed by atoms with van der Waals surface area (Å²) in [6, 6.07) is 0. The van der Waals surface area contributed by atoms with Crippen LogP contribution in [0.1, 0.15) is 26.2 Å². The molecule has 43 valence electrons. The van der Waals surface area contributed by atoms with Crippen LogP contribution in [0.4, 0.5) is 0 Å². The van der Waals surface area contributed by atoms with Crippen LogP contribution in [-0.2, 0) is 0 Å². The van der Waals surface area contributed by atoms with Crippen molar-refractivity contribution in [3.05, 3.63) is 5.25 Å². The van der Waals surface area contributed by atoms with Gasteiger partial charge in [-0.1, -0.05) is 0 Å². The second-order valence-electron chi connectivity index (χ2n) is 1.84. The molecule has 0 unspecified atom stereocenters. The van der Waals surface area contributed by atoms with Gasteiger partial charge in [-0.2, -0.15) is 0 Å². The van der Waals surface area contributed by atoms with Gasteiger partial charge in [0.15, 0.2) is 0 Å². The molecule has 0 nitrogen and oxygen atoms in total. The van der Waals surface area contributed by atoms with Crippen molar-refractivity contribution in [2.24, 2.45) is 0 Å². The first-order valence-corrected chi connectivity index (χ1v) is 23.3. The van der Waals surface area contributed by atoms with Crippen LogP contribution in [0, 0.1) is 5.25 Å². The molecule has 0 spiro atoms. The van der Waals surface area contributed by atoms with Gasteiger partial charge in [-0.25, -0.2) is 0 Å². The van der Waals surface area contributed by atoms with E-state index in [1.165, 1.54) is 33.8 Å². The molecule has 0 heterocycles. The summed E-state index contributed by atoms with van der Waals surface area (Å²) in [4.78, 5) is 0. The standard InChI is InChI=1S/C5H15Ge2/c1-2-3-4-5-7-6/h5H,2-4,7H2,1,6H3. The molecule has 0 fully saturated rings. The fraction of sp³-hybridized carbons (Fsp3) is 0.800. The second-order valence-corrected chi connectivity index (χ2v) is 13.7. The maximum absolute atomic E-state index is 2.61. The average molecular weight is 220 g/mol. The van der Waals surface area contributed by atoms with Crippen molar-refractivity contribution in [2.75, 3.05) is 0 Å². The molecule has 0 rings (SSSR count). The Morgan fingerprint density at radius 2 is 2.43 bits per heavy atom. The minimum atomic E-state index is 0.118. The molecule has 0 N–H and O–H groups in total. The van der Waals surface area contributed by atoms with Crippen molar-refractivity contribution in [1.29, 1.82) is 0 Å². The van der Waals surface area contributed by atoms with Gasteiger partial charge in [0.2, 0.25) is 0 Å². The fourth-order valence-corrected chi connectivity index (χ4v) is 6.47. The van der Waals surface area contributed by atoms with Crippen LogP contribution < -0.4 is 0 Å². The Bertz CT molecular complexity index is 25.3. The Morgan fingerprint density at radius 1 is 1.71 bits per heavy atom. The summed E-state index contributed by atoms with van der Waals surface area (Å²) in [5.74, 6) is 0. The van der Waals surface area contributed by atoms with Crippen molar-refractivity contribution >= 4 is 28.0 Å². The van der Waals surface area contributed by atoms with Gasteiger partial charge in [-0.3, -0.25) is 0 Å². The predicted octanol–water partition coefficient (Wildman–Crippen LogP) is -0.212. The zero-order valence-electron chi connectivity index (χ0n) is 5.41. The van der Waals surface area contributed by atoms with Gasteiger partial charge in [0.1, 0.15) is 0 Å². The van der Waals surface area contributed by atoms with E-state index >= 15 is 0 Å². The predicted molar refractivity (Wildman–Crippen MR) is 42.3 cm³/mol. The van der Waals surface area contributed by atoms with E-state index in [9.17, 15) is 0 Å². The van der Waals surface area contributed by atoms with Gasteiger partial charge in [0, 0.05) is 0 Å². The number of hydrogen-bond donors (Lipinski definition) is 0. The Labute approximate surface area is 59.5 Å². The van der Waals surface area contributed by atoms with E-state index in [-0.39, 0.29) is 13.5 Å². The van der Waals surface area contributed by atoms with Gasteiger partial charge in [0.25, 0.3) is 0 Å². The molecule has 0 aromatic rings. The van der Waals surface area contributed by atoms with Crippen molar-refractivity contribution in [3.8, 4) is 0 Å². The molecular weight excluding hydrogens is 205 g/mol. The van der Waals surface area contributed by atoms with E-state index in [0.717, 1.165) is 0 Å². The minimum absolute atomic E-state index is 0.118. The molecule has 0 bridgehead atoms. The van der Waals surface area contributed by atoms with Crippen LogP contribution in [0.5, 0.6) is 0 Å². The molecule has 0 amide bonds. The van der Waals surface area contributed by atoms with Crippen molar-refractivity contribution < 1.29 is 0 Å². The summed E-state index contributed by atoms with van der Waals surface area (Å²) in [6.45, 7) is 2.26. The first kappa shape index (κ1) is 8.09. The van der Waals surface area contributed by atoms with Crippen LogP contribution >= 0.6 is 0 Å². The van der Waals surface area contributed by atoms with E-state index in [1.54, 1.807) is 0 Å². The zero-order chi connectivity index (χ0) is 5.54. The molecule has 0 aliphatic rings.